The van der Waals surface area contributed by atoms with Crippen LogP contribution in [-0.2, 0) is 42.0 Å². The summed E-state index contributed by atoms with van der Waals surface area (Å²) in [6.07, 6.45) is 8.79. The zero-order chi connectivity index (χ0) is 39.0. The number of hydrogen-bond donors (Lipinski definition) is 4. The minimum atomic E-state index is -3.53. The second kappa shape index (κ2) is 18.2. The van der Waals surface area contributed by atoms with Crippen LogP contribution in [0.15, 0.2) is 24.3 Å². The number of hydrogen-bond acceptors (Lipinski definition) is 7. The minimum absolute atomic E-state index is 0.0176. The fraction of sp³-hybridized carbons (Fsp3) is 0.658. The predicted molar refractivity (Wildman–Crippen MR) is 200 cm³/mol. The number of benzene rings is 1. The van der Waals surface area contributed by atoms with E-state index in [4.69, 9.17) is 6.42 Å². The number of carbonyl (C=O) groups is 5. The molecule has 4 N–H and O–H groups in total. The number of Topliss-reactive ketones (excluding diaryl/α,β-unsaturated/α-hetero) is 1. The number of likely N-dealkylation sites (tertiary alicyclic amines) is 1. The molecule has 1 fully saturated rings. The van der Waals surface area contributed by atoms with Crippen molar-refractivity contribution < 1.29 is 32.4 Å². The fourth-order valence-corrected chi connectivity index (χ4v) is 7.17. The minimum Gasteiger partial charge on any atom is -0.349 e. The van der Waals surface area contributed by atoms with Crippen LogP contribution < -0.4 is 21.3 Å². The van der Waals surface area contributed by atoms with E-state index in [1.807, 2.05) is 65.8 Å². The Morgan fingerprint density at radius 1 is 1.02 bits per heavy atom. The SMILES string of the molecule is C#CCCC(NC(=O)[C@@H]1C[C@@H](C(C)C)CN1C(=O)[C@@H](NC(=O)N[C@H](CN(C)S(C)(=O)=O)C(C)(C)C)C1Cc2ccccc2C1)C(=O)C(=O)NCCC. The third-order valence-electron chi connectivity index (χ3n) is 10.3. The standard InChI is InChI=1S/C38H58N6O7S/c1-10-12-17-29(33(45)35(47)39-18-11-2)40-34(46)30-21-28(24(3)4)22-44(30)36(48)32(27-19-25-15-13-14-16-26(25)20-27)42-37(49)41-31(38(5,6)7)23-43(8)52(9,50)51/h1,13-16,24,27-32H,11-12,17-23H2,2-9H3,(H,39,47)(H,40,46)(H2,41,42,49)/t28-,29?,30+,31-,32+/m1/s1. The highest BCUT2D eigenvalue weighted by atomic mass is 32.2. The summed E-state index contributed by atoms with van der Waals surface area (Å²) in [5.74, 6) is -0.386. The highest BCUT2D eigenvalue weighted by Gasteiger charge is 2.46. The Labute approximate surface area is 309 Å². The molecule has 0 aromatic heterocycles. The summed E-state index contributed by atoms with van der Waals surface area (Å²) < 4.78 is 25.6. The largest absolute Gasteiger partial charge is 0.349 e. The smallest absolute Gasteiger partial charge is 0.315 e. The summed E-state index contributed by atoms with van der Waals surface area (Å²) >= 11 is 0. The topological polar surface area (TPSA) is 174 Å². The molecule has 1 heterocycles. The Bertz CT molecular complexity index is 1590. The van der Waals surface area contributed by atoms with Crippen LogP contribution in [0, 0.1) is 35.5 Å². The van der Waals surface area contributed by atoms with Crippen molar-refractivity contribution in [3.63, 3.8) is 0 Å². The molecule has 0 saturated carbocycles. The molecule has 0 radical (unpaired) electrons. The Morgan fingerprint density at radius 3 is 2.15 bits per heavy atom. The lowest BCUT2D eigenvalue weighted by atomic mass is 9.86. The number of urea groups is 1. The third kappa shape index (κ3) is 11.3. The molecular weight excluding hydrogens is 685 g/mol. The van der Waals surface area contributed by atoms with Crippen molar-refractivity contribution in [1.29, 1.82) is 0 Å². The van der Waals surface area contributed by atoms with Crippen molar-refractivity contribution in [2.75, 3.05) is 32.9 Å². The first-order valence-electron chi connectivity index (χ1n) is 18.2. The van der Waals surface area contributed by atoms with Gasteiger partial charge in [-0.2, -0.15) is 0 Å². The number of rotatable bonds is 16. The number of fused-ring (bicyclic) bond motifs is 1. The van der Waals surface area contributed by atoms with Gasteiger partial charge in [0.2, 0.25) is 27.6 Å². The lowest BCUT2D eigenvalue weighted by Gasteiger charge is -2.36. The molecule has 5 atom stereocenters. The van der Waals surface area contributed by atoms with Gasteiger partial charge in [-0.15, -0.1) is 12.3 Å². The van der Waals surface area contributed by atoms with Gasteiger partial charge < -0.3 is 26.2 Å². The summed E-state index contributed by atoms with van der Waals surface area (Å²) in [5.41, 5.74) is 1.60. The van der Waals surface area contributed by atoms with Gasteiger partial charge >= 0.3 is 6.03 Å². The first-order chi connectivity index (χ1) is 24.3. The highest BCUT2D eigenvalue weighted by molar-refractivity contribution is 7.88. The van der Waals surface area contributed by atoms with E-state index in [9.17, 15) is 32.4 Å². The van der Waals surface area contributed by atoms with Gasteiger partial charge in [-0.25, -0.2) is 17.5 Å². The fourth-order valence-electron chi connectivity index (χ4n) is 6.75. The molecule has 13 nitrogen and oxygen atoms in total. The van der Waals surface area contributed by atoms with Gasteiger partial charge in [0.25, 0.3) is 5.91 Å². The maximum atomic E-state index is 14.8. The second-order valence-corrected chi connectivity index (χ2v) is 17.8. The molecule has 14 heteroatoms. The maximum Gasteiger partial charge on any atom is 0.315 e. The third-order valence-corrected chi connectivity index (χ3v) is 11.6. The number of likely N-dealkylation sites (N-methyl/N-ethyl adjacent to an activating group) is 1. The number of terminal acetylenes is 1. The average molecular weight is 743 g/mol. The van der Waals surface area contributed by atoms with Crippen molar-refractivity contribution in [2.24, 2.45) is 23.2 Å². The zero-order valence-electron chi connectivity index (χ0n) is 32.0. The number of amides is 5. The lowest BCUT2D eigenvalue weighted by Crippen LogP contribution is -2.60. The van der Waals surface area contributed by atoms with E-state index in [-0.39, 0.29) is 43.7 Å². The first kappa shape index (κ1) is 42.5. The molecule has 1 aliphatic heterocycles. The normalized spacial score (nSPS) is 19.4. The van der Waals surface area contributed by atoms with E-state index in [1.165, 1.54) is 16.3 Å². The molecule has 1 aromatic rings. The molecule has 0 spiro atoms. The monoisotopic (exact) mass is 742 g/mol. The zero-order valence-corrected chi connectivity index (χ0v) is 32.8. The van der Waals surface area contributed by atoms with Gasteiger partial charge in [0.05, 0.1) is 12.3 Å². The second-order valence-electron chi connectivity index (χ2n) is 15.7. The van der Waals surface area contributed by atoms with Gasteiger partial charge in [-0.05, 0) is 66.4 Å². The summed E-state index contributed by atoms with van der Waals surface area (Å²) in [4.78, 5) is 69.8. The van der Waals surface area contributed by atoms with Crippen molar-refractivity contribution in [2.45, 2.75) is 104 Å². The van der Waals surface area contributed by atoms with E-state index in [0.717, 1.165) is 17.4 Å². The number of ketones is 1. The first-order valence-corrected chi connectivity index (χ1v) is 20.0. The maximum absolute atomic E-state index is 14.8. The van der Waals surface area contributed by atoms with Crippen LogP contribution in [-0.4, -0.2) is 104 Å². The summed E-state index contributed by atoms with van der Waals surface area (Å²) in [7, 11) is -2.08. The van der Waals surface area contributed by atoms with Crippen LogP contribution in [0.3, 0.4) is 0 Å². The lowest BCUT2D eigenvalue weighted by molar-refractivity contribution is -0.143. The van der Waals surface area contributed by atoms with Crippen LogP contribution >= 0.6 is 0 Å². The summed E-state index contributed by atoms with van der Waals surface area (Å²) in [5, 5.41) is 11.2. The molecule has 5 amide bonds. The molecule has 3 rings (SSSR count). The molecule has 1 unspecified atom stereocenters. The van der Waals surface area contributed by atoms with Crippen molar-refractivity contribution in [1.82, 2.24) is 30.5 Å². The molecule has 288 valence electrons. The van der Waals surface area contributed by atoms with Crippen LogP contribution in [0.1, 0.15) is 78.4 Å². The molecule has 1 aliphatic carbocycles. The Balaban J connectivity index is 1.94. The van der Waals surface area contributed by atoms with E-state index in [2.05, 4.69) is 27.2 Å². The van der Waals surface area contributed by atoms with E-state index >= 15 is 0 Å². The number of nitrogens with zero attached hydrogens (tertiary/aromatic N) is 2. The van der Waals surface area contributed by atoms with Gasteiger partial charge in [0.15, 0.2) is 0 Å². The van der Waals surface area contributed by atoms with Crippen LogP contribution in [0.2, 0.25) is 0 Å². The molecule has 52 heavy (non-hydrogen) atoms. The van der Waals surface area contributed by atoms with Crippen LogP contribution in [0.4, 0.5) is 4.79 Å². The Hall–Kier alpha value is -3.96. The van der Waals surface area contributed by atoms with E-state index in [0.29, 0.717) is 32.2 Å². The average Bonchev–Trinajstić information content (AvgIpc) is 3.71. The van der Waals surface area contributed by atoms with Crippen molar-refractivity contribution in [3.8, 4) is 12.3 Å². The summed E-state index contributed by atoms with van der Waals surface area (Å²) in [6.45, 7) is 12.1. The predicted octanol–water partition coefficient (Wildman–Crippen LogP) is 2.24. The summed E-state index contributed by atoms with van der Waals surface area (Å²) in [6, 6.07) is 3.47. The highest BCUT2D eigenvalue weighted by Crippen LogP contribution is 2.34. The van der Waals surface area contributed by atoms with Gasteiger partial charge in [0.1, 0.15) is 12.1 Å². The van der Waals surface area contributed by atoms with Gasteiger partial charge in [0, 0.05) is 39.1 Å². The molecule has 1 aromatic carbocycles. The van der Waals surface area contributed by atoms with Crippen molar-refractivity contribution in [3.05, 3.63) is 35.4 Å². The van der Waals surface area contributed by atoms with Crippen LogP contribution in [0.5, 0.6) is 0 Å². The van der Waals surface area contributed by atoms with Crippen molar-refractivity contribution >= 4 is 39.6 Å². The number of carbonyl (C=O) groups excluding carboxylic acids is 5. The molecule has 1 saturated heterocycles. The molecular formula is C38H58N6O7S. The Morgan fingerprint density at radius 2 is 1.63 bits per heavy atom. The van der Waals surface area contributed by atoms with Crippen LogP contribution in [0.25, 0.3) is 0 Å². The quantitative estimate of drug-likeness (QED) is 0.149. The van der Waals surface area contributed by atoms with Gasteiger partial charge in [-0.3, -0.25) is 19.2 Å². The van der Waals surface area contributed by atoms with E-state index in [1.54, 1.807) is 0 Å². The van der Waals surface area contributed by atoms with Gasteiger partial charge in [-0.1, -0.05) is 65.8 Å². The molecule has 0 bridgehead atoms. The number of sulfonamides is 1. The molecule has 2 aliphatic rings. The Kier molecular flexibility index (Phi) is 14.8. The van der Waals surface area contributed by atoms with E-state index < -0.39 is 69.1 Å². The number of nitrogens with one attached hydrogen (secondary N) is 4.